The van der Waals surface area contributed by atoms with Crippen molar-refractivity contribution in [1.29, 1.82) is 0 Å². The van der Waals surface area contributed by atoms with Gasteiger partial charge >= 0.3 is 0 Å². The Hall–Kier alpha value is -2.73. The number of aryl methyl sites for hydroxylation is 1. The first kappa shape index (κ1) is 24.4. The molecule has 3 unspecified atom stereocenters. The molecule has 0 spiro atoms. The average molecular weight is 463 g/mol. The van der Waals surface area contributed by atoms with Crippen molar-refractivity contribution in [3.8, 4) is 11.1 Å². The third-order valence-electron chi connectivity index (χ3n) is 7.58. The number of hydrogen-bond donors (Lipinski definition) is 2. The molecule has 1 aromatic carbocycles. The van der Waals surface area contributed by atoms with E-state index in [2.05, 4.69) is 52.9 Å². The van der Waals surface area contributed by atoms with Crippen LogP contribution in [0.2, 0.25) is 0 Å². The van der Waals surface area contributed by atoms with Crippen molar-refractivity contribution in [2.45, 2.75) is 76.9 Å². The van der Waals surface area contributed by atoms with Crippen LogP contribution in [-0.4, -0.2) is 47.4 Å². The summed E-state index contributed by atoms with van der Waals surface area (Å²) in [6, 6.07) is 9.83. The number of nitrogens with one attached hydrogen (secondary N) is 2. The zero-order valence-corrected chi connectivity index (χ0v) is 20.7. The number of pyridine rings is 1. The lowest BCUT2D eigenvalue weighted by Crippen LogP contribution is -2.55. The van der Waals surface area contributed by atoms with Crippen molar-refractivity contribution in [2.24, 2.45) is 5.92 Å². The van der Waals surface area contributed by atoms with E-state index in [1.807, 2.05) is 24.2 Å². The molecule has 2 heterocycles. The van der Waals surface area contributed by atoms with Gasteiger partial charge in [0.25, 0.3) is 0 Å². The summed E-state index contributed by atoms with van der Waals surface area (Å²) in [6.45, 7) is 4.64. The van der Waals surface area contributed by atoms with Crippen molar-refractivity contribution >= 4 is 11.8 Å². The molecule has 6 heteroatoms. The first-order valence-electron chi connectivity index (χ1n) is 12.8. The summed E-state index contributed by atoms with van der Waals surface area (Å²) in [5.41, 5.74) is 4.49. The Labute approximate surface area is 203 Å². The number of benzene rings is 1. The van der Waals surface area contributed by atoms with E-state index in [1.165, 1.54) is 12.0 Å². The quantitative estimate of drug-likeness (QED) is 0.640. The maximum atomic E-state index is 13.9. The Bertz CT molecular complexity index is 984. The molecule has 1 aliphatic carbocycles. The van der Waals surface area contributed by atoms with E-state index in [9.17, 15) is 9.59 Å². The third-order valence-corrected chi connectivity index (χ3v) is 7.58. The van der Waals surface area contributed by atoms with Gasteiger partial charge < -0.3 is 15.5 Å². The molecule has 2 aliphatic rings. The van der Waals surface area contributed by atoms with Gasteiger partial charge in [-0.2, -0.15) is 0 Å². The second kappa shape index (κ2) is 11.1. The molecule has 182 valence electrons. The fraction of sp³-hybridized carbons (Fsp3) is 0.536. The third kappa shape index (κ3) is 5.49. The molecule has 4 rings (SSSR count). The number of carbonyl (C=O) groups is 2. The highest BCUT2D eigenvalue weighted by Crippen LogP contribution is 2.36. The first-order chi connectivity index (χ1) is 16.5. The molecular formula is C28H38N4O2. The minimum atomic E-state index is -0.461. The summed E-state index contributed by atoms with van der Waals surface area (Å²) in [7, 11) is 1.77. The molecule has 1 aromatic heterocycles. The lowest BCUT2D eigenvalue weighted by Gasteiger charge is -2.35. The van der Waals surface area contributed by atoms with Crippen molar-refractivity contribution in [2.75, 3.05) is 13.6 Å². The summed E-state index contributed by atoms with van der Waals surface area (Å²) < 4.78 is 0. The Morgan fingerprint density at radius 2 is 1.74 bits per heavy atom. The van der Waals surface area contributed by atoms with Gasteiger partial charge in [0.2, 0.25) is 11.8 Å². The maximum Gasteiger partial charge on any atom is 0.245 e. The molecule has 2 N–H and O–H groups in total. The number of rotatable bonds is 7. The van der Waals surface area contributed by atoms with Gasteiger partial charge in [0, 0.05) is 24.5 Å². The number of carbonyl (C=O) groups excluding carboxylic acids is 2. The molecule has 2 aromatic rings. The van der Waals surface area contributed by atoms with Crippen LogP contribution in [0.1, 0.15) is 69.0 Å². The Morgan fingerprint density at radius 1 is 1.00 bits per heavy atom. The lowest BCUT2D eigenvalue weighted by atomic mass is 9.83. The lowest BCUT2D eigenvalue weighted by molar-refractivity contribution is -0.139. The molecule has 1 saturated carbocycles. The van der Waals surface area contributed by atoms with Crippen molar-refractivity contribution in [3.63, 3.8) is 0 Å². The van der Waals surface area contributed by atoms with Crippen molar-refractivity contribution in [3.05, 3.63) is 53.9 Å². The van der Waals surface area contributed by atoms with Crippen LogP contribution in [0.25, 0.3) is 11.1 Å². The first-order valence-corrected chi connectivity index (χ1v) is 12.8. The van der Waals surface area contributed by atoms with Crippen LogP contribution in [0.4, 0.5) is 0 Å². The van der Waals surface area contributed by atoms with Crippen LogP contribution in [0, 0.1) is 12.8 Å². The van der Waals surface area contributed by atoms with Crippen LogP contribution in [0.5, 0.6) is 0 Å². The van der Waals surface area contributed by atoms with Crippen molar-refractivity contribution < 1.29 is 9.59 Å². The molecule has 1 aliphatic heterocycles. The molecule has 0 bridgehead atoms. The molecule has 1 saturated heterocycles. The molecule has 6 nitrogen and oxygen atoms in total. The molecule has 0 radical (unpaired) electrons. The second-order valence-corrected chi connectivity index (χ2v) is 9.96. The summed E-state index contributed by atoms with van der Waals surface area (Å²) in [6.07, 6.45) is 11.1. The Morgan fingerprint density at radius 3 is 2.44 bits per heavy atom. The topological polar surface area (TPSA) is 74.3 Å². The van der Waals surface area contributed by atoms with Gasteiger partial charge in [-0.05, 0) is 69.7 Å². The van der Waals surface area contributed by atoms with Gasteiger partial charge in [-0.15, -0.1) is 0 Å². The number of hydrogen-bond acceptors (Lipinski definition) is 4. The number of likely N-dealkylation sites (tertiary alicyclic amines) is 1. The van der Waals surface area contributed by atoms with Crippen LogP contribution in [0.3, 0.4) is 0 Å². The Balaban J connectivity index is 1.57. The van der Waals surface area contributed by atoms with Gasteiger partial charge in [-0.1, -0.05) is 49.1 Å². The number of amides is 2. The average Bonchev–Trinajstić information content (AvgIpc) is 3.37. The fourth-order valence-corrected chi connectivity index (χ4v) is 5.36. The molecular weight excluding hydrogens is 424 g/mol. The Kier molecular flexibility index (Phi) is 7.99. The highest BCUT2D eigenvalue weighted by Gasteiger charge is 2.39. The minimum absolute atomic E-state index is 0.00452. The smallest absolute Gasteiger partial charge is 0.245 e. The normalized spacial score (nSPS) is 20.7. The van der Waals surface area contributed by atoms with Gasteiger partial charge in [0.15, 0.2) is 0 Å². The summed E-state index contributed by atoms with van der Waals surface area (Å²) in [5, 5.41) is 6.12. The zero-order valence-electron chi connectivity index (χ0n) is 20.7. The van der Waals surface area contributed by atoms with E-state index in [0.29, 0.717) is 0 Å². The SMILES string of the molecule is CNC(C)C(=O)NC(C(=O)N1CCCC1c1cncc(-c2ccc(C)cc2)c1)C1CCCCC1. The van der Waals surface area contributed by atoms with E-state index in [4.69, 9.17) is 0 Å². The highest BCUT2D eigenvalue weighted by molar-refractivity contribution is 5.90. The van der Waals surface area contributed by atoms with Crippen LogP contribution < -0.4 is 10.6 Å². The second-order valence-electron chi connectivity index (χ2n) is 9.96. The summed E-state index contributed by atoms with van der Waals surface area (Å²) in [4.78, 5) is 33.2. The largest absolute Gasteiger partial charge is 0.343 e. The van der Waals surface area contributed by atoms with Gasteiger partial charge in [-0.3, -0.25) is 14.6 Å². The predicted molar refractivity (Wildman–Crippen MR) is 135 cm³/mol. The van der Waals surface area contributed by atoms with Gasteiger partial charge in [0.1, 0.15) is 6.04 Å². The summed E-state index contributed by atoms with van der Waals surface area (Å²) in [5.74, 6) is 0.157. The van der Waals surface area contributed by atoms with Gasteiger partial charge in [-0.25, -0.2) is 0 Å². The monoisotopic (exact) mass is 462 g/mol. The predicted octanol–water partition coefficient (Wildman–Crippen LogP) is 4.39. The molecule has 2 fully saturated rings. The van der Waals surface area contributed by atoms with E-state index >= 15 is 0 Å². The van der Waals surface area contributed by atoms with E-state index < -0.39 is 6.04 Å². The highest BCUT2D eigenvalue weighted by atomic mass is 16.2. The van der Waals surface area contributed by atoms with Crippen LogP contribution >= 0.6 is 0 Å². The van der Waals surface area contributed by atoms with Crippen LogP contribution in [0.15, 0.2) is 42.7 Å². The number of aromatic nitrogens is 1. The van der Waals surface area contributed by atoms with Crippen molar-refractivity contribution in [1.82, 2.24) is 20.5 Å². The molecule has 2 amide bonds. The van der Waals surface area contributed by atoms with Gasteiger partial charge in [0.05, 0.1) is 12.1 Å². The van der Waals surface area contributed by atoms with E-state index in [0.717, 1.165) is 61.8 Å². The molecule has 3 atom stereocenters. The fourth-order valence-electron chi connectivity index (χ4n) is 5.36. The minimum Gasteiger partial charge on any atom is -0.343 e. The zero-order chi connectivity index (χ0) is 24.1. The maximum absolute atomic E-state index is 13.9. The van der Waals surface area contributed by atoms with Crippen LogP contribution in [-0.2, 0) is 9.59 Å². The number of nitrogens with zero attached hydrogens (tertiary/aromatic N) is 2. The van der Waals surface area contributed by atoms with E-state index in [-0.39, 0.29) is 29.8 Å². The molecule has 34 heavy (non-hydrogen) atoms. The summed E-state index contributed by atoms with van der Waals surface area (Å²) >= 11 is 0. The number of likely N-dealkylation sites (N-methyl/N-ethyl adjacent to an activating group) is 1. The standard InChI is InChI=1S/C28H38N4O2/c1-19-11-13-21(14-12-19)23-16-24(18-30-17-23)25-10-7-15-32(25)28(34)26(22-8-5-4-6-9-22)31-27(33)20(2)29-3/h11-14,16-18,20,22,25-26,29H,4-10,15H2,1-3H3,(H,31,33). The van der Waals surface area contributed by atoms with E-state index in [1.54, 1.807) is 7.05 Å².